The molecule has 0 spiro atoms. The first-order valence-corrected chi connectivity index (χ1v) is 5.03. The van der Waals surface area contributed by atoms with Crippen molar-refractivity contribution in [1.82, 2.24) is 9.97 Å². The van der Waals surface area contributed by atoms with E-state index in [1.54, 1.807) is 6.92 Å². The van der Waals surface area contributed by atoms with Crippen molar-refractivity contribution in [2.75, 3.05) is 6.61 Å². The molecule has 0 unspecified atom stereocenters. The van der Waals surface area contributed by atoms with E-state index in [1.807, 2.05) is 0 Å². The Bertz CT molecular complexity index is 422. The van der Waals surface area contributed by atoms with Crippen LogP contribution in [0.3, 0.4) is 0 Å². The Morgan fingerprint density at radius 3 is 2.71 bits per heavy atom. The molecule has 1 aromatic rings. The Morgan fingerprint density at radius 1 is 1.53 bits per heavy atom. The summed E-state index contributed by atoms with van der Waals surface area (Å²) in [5.74, 6) is 0.348. The van der Waals surface area contributed by atoms with Crippen LogP contribution in [0.4, 0.5) is 13.2 Å². The Balaban J connectivity index is 2.75. The summed E-state index contributed by atoms with van der Waals surface area (Å²) in [4.78, 5) is 7.66. The minimum absolute atomic E-state index is 0.0192. The van der Waals surface area contributed by atoms with E-state index in [0.717, 1.165) is 0 Å². The molecule has 8 heteroatoms. The molecule has 0 atom stereocenters. The van der Waals surface area contributed by atoms with Crippen LogP contribution < -0.4 is 10.5 Å². The van der Waals surface area contributed by atoms with E-state index in [9.17, 15) is 13.2 Å². The lowest BCUT2D eigenvalue weighted by atomic mass is 10.3. The molecule has 0 aliphatic carbocycles. The number of thiocarbonyl (C=S) groups is 1. The highest BCUT2D eigenvalue weighted by molar-refractivity contribution is 7.80. The maximum Gasteiger partial charge on any atom is 0.392 e. The monoisotopic (exact) mass is 265 g/mol. The number of aryl methyl sites for hydroxylation is 1. The number of hydrogen-bond acceptors (Lipinski definition) is 4. The molecule has 0 saturated carbocycles. The fourth-order valence-electron chi connectivity index (χ4n) is 0.992. The molecule has 1 heterocycles. The van der Waals surface area contributed by atoms with Crippen LogP contribution in [0.1, 0.15) is 17.8 Å². The normalized spacial score (nSPS) is 11.3. The van der Waals surface area contributed by atoms with Gasteiger partial charge in [0.1, 0.15) is 10.8 Å². The number of rotatable bonds is 4. The fourth-order valence-corrected chi connectivity index (χ4v) is 1.13. The number of hydrogen-bond donors (Lipinski definition) is 1. The highest BCUT2D eigenvalue weighted by Gasteiger charge is 2.27. The lowest BCUT2D eigenvalue weighted by Crippen LogP contribution is -2.17. The molecule has 17 heavy (non-hydrogen) atoms. The molecule has 1 rings (SSSR count). The number of nitrogens with two attached hydrogens (primary N) is 1. The van der Waals surface area contributed by atoms with Gasteiger partial charge in [-0.15, -0.1) is 0 Å². The highest BCUT2D eigenvalue weighted by atomic mass is 32.1. The van der Waals surface area contributed by atoms with Gasteiger partial charge in [-0.3, -0.25) is 0 Å². The van der Waals surface area contributed by atoms with Gasteiger partial charge in [-0.1, -0.05) is 12.2 Å². The standard InChI is InChI=1S/C9H10F3N3OS/c1-5-14-4-6(7(13)17)8(15-5)16-3-2-9(10,11)12/h4H,2-3H2,1H3,(H2,13,17). The molecule has 0 amide bonds. The van der Waals surface area contributed by atoms with E-state index >= 15 is 0 Å². The van der Waals surface area contributed by atoms with Gasteiger partial charge in [0.25, 0.3) is 0 Å². The lowest BCUT2D eigenvalue weighted by Gasteiger charge is -2.10. The number of aromatic nitrogens is 2. The zero-order valence-electron chi connectivity index (χ0n) is 8.91. The maximum atomic E-state index is 11.9. The van der Waals surface area contributed by atoms with E-state index < -0.39 is 19.2 Å². The van der Waals surface area contributed by atoms with E-state index in [1.165, 1.54) is 6.20 Å². The summed E-state index contributed by atoms with van der Waals surface area (Å²) in [5.41, 5.74) is 5.60. The summed E-state index contributed by atoms with van der Waals surface area (Å²) in [5, 5.41) is 0. The molecule has 1 aromatic heterocycles. The first-order valence-electron chi connectivity index (χ1n) is 4.62. The Hall–Kier alpha value is -1.44. The van der Waals surface area contributed by atoms with E-state index in [-0.39, 0.29) is 16.4 Å². The number of ether oxygens (including phenoxy) is 1. The van der Waals surface area contributed by atoms with Crippen molar-refractivity contribution < 1.29 is 17.9 Å². The topological polar surface area (TPSA) is 61.0 Å². The second-order valence-electron chi connectivity index (χ2n) is 3.21. The molecule has 4 nitrogen and oxygen atoms in total. The Labute approximate surface area is 101 Å². The second kappa shape index (κ2) is 5.26. The molecular weight excluding hydrogens is 255 g/mol. The minimum Gasteiger partial charge on any atom is -0.477 e. The zero-order valence-corrected chi connectivity index (χ0v) is 9.73. The van der Waals surface area contributed by atoms with Crippen LogP contribution in [0, 0.1) is 6.92 Å². The fraction of sp³-hybridized carbons (Fsp3) is 0.444. The maximum absolute atomic E-state index is 11.9. The number of halogens is 3. The van der Waals surface area contributed by atoms with Crippen LogP contribution in [0.2, 0.25) is 0 Å². The first-order chi connectivity index (χ1) is 7.79. The van der Waals surface area contributed by atoms with Gasteiger partial charge >= 0.3 is 6.18 Å². The smallest absolute Gasteiger partial charge is 0.392 e. The highest BCUT2D eigenvalue weighted by Crippen LogP contribution is 2.21. The van der Waals surface area contributed by atoms with E-state index in [4.69, 9.17) is 22.7 Å². The van der Waals surface area contributed by atoms with Crippen LogP contribution >= 0.6 is 12.2 Å². The van der Waals surface area contributed by atoms with Crippen LogP contribution in [-0.4, -0.2) is 27.7 Å². The Morgan fingerprint density at radius 2 is 2.18 bits per heavy atom. The lowest BCUT2D eigenvalue weighted by molar-refractivity contribution is -0.139. The van der Waals surface area contributed by atoms with E-state index in [0.29, 0.717) is 5.82 Å². The third-order valence-electron chi connectivity index (χ3n) is 1.76. The van der Waals surface area contributed by atoms with Crippen molar-refractivity contribution in [2.24, 2.45) is 5.73 Å². The number of alkyl halides is 3. The molecule has 2 N–H and O–H groups in total. The minimum atomic E-state index is -4.27. The molecule has 0 bridgehead atoms. The van der Waals surface area contributed by atoms with Gasteiger partial charge < -0.3 is 10.5 Å². The third kappa shape index (κ3) is 4.51. The van der Waals surface area contributed by atoms with Gasteiger partial charge in [0.15, 0.2) is 0 Å². The molecular formula is C9H10F3N3OS. The van der Waals surface area contributed by atoms with Crippen molar-refractivity contribution in [3.63, 3.8) is 0 Å². The van der Waals surface area contributed by atoms with Gasteiger partial charge in [-0.25, -0.2) is 4.98 Å². The summed E-state index contributed by atoms with van der Waals surface area (Å²) in [6, 6.07) is 0. The SMILES string of the molecule is Cc1ncc(C(N)=S)c(OCCC(F)(F)F)n1. The second-order valence-corrected chi connectivity index (χ2v) is 3.65. The van der Waals surface area contributed by atoms with E-state index in [2.05, 4.69) is 9.97 Å². The van der Waals surface area contributed by atoms with Gasteiger partial charge in [-0.05, 0) is 6.92 Å². The van der Waals surface area contributed by atoms with Gasteiger partial charge in [0.05, 0.1) is 18.6 Å². The average molecular weight is 265 g/mol. The number of nitrogens with zero attached hydrogens (tertiary/aromatic N) is 2. The van der Waals surface area contributed by atoms with Gasteiger partial charge in [0, 0.05) is 6.20 Å². The van der Waals surface area contributed by atoms with Crippen LogP contribution in [0.5, 0.6) is 5.88 Å². The van der Waals surface area contributed by atoms with Crippen molar-refractivity contribution in [3.8, 4) is 5.88 Å². The van der Waals surface area contributed by atoms with Crippen LogP contribution in [0.25, 0.3) is 0 Å². The third-order valence-corrected chi connectivity index (χ3v) is 1.98. The van der Waals surface area contributed by atoms with Gasteiger partial charge in [0.2, 0.25) is 5.88 Å². The van der Waals surface area contributed by atoms with Crippen molar-refractivity contribution in [2.45, 2.75) is 19.5 Å². The molecule has 0 radical (unpaired) electrons. The average Bonchev–Trinajstić information content (AvgIpc) is 2.15. The molecule has 0 saturated heterocycles. The molecule has 0 aromatic carbocycles. The van der Waals surface area contributed by atoms with Crippen molar-refractivity contribution >= 4 is 17.2 Å². The Kier molecular flexibility index (Phi) is 4.22. The molecule has 0 aliphatic heterocycles. The zero-order chi connectivity index (χ0) is 13.1. The quantitative estimate of drug-likeness (QED) is 0.840. The van der Waals surface area contributed by atoms with Crippen LogP contribution in [0.15, 0.2) is 6.20 Å². The summed E-state index contributed by atoms with van der Waals surface area (Å²) < 4.78 is 40.7. The van der Waals surface area contributed by atoms with Crippen molar-refractivity contribution in [1.29, 1.82) is 0 Å². The molecule has 94 valence electrons. The molecule has 0 fully saturated rings. The summed E-state index contributed by atoms with van der Waals surface area (Å²) >= 11 is 4.71. The predicted octanol–water partition coefficient (Wildman–Crippen LogP) is 1.75. The first kappa shape index (κ1) is 13.6. The van der Waals surface area contributed by atoms with Crippen molar-refractivity contribution in [3.05, 3.63) is 17.6 Å². The largest absolute Gasteiger partial charge is 0.477 e. The summed E-state index contributed by atoms with van der Waals surface area (Å²) in [6.07, 6.45) is -4.01. The summed E-state index contributed by atoms with van der Waals surface area (Å²) in [6.45, 7) is 1.05. The van der Waals surface area contributed by atoms with Crippen LogP contribution in [-0.2, 0) is 0 Å². The van der Waals surface area contributed by atoms with Gasteiger partial charge in [-0.2, -0.15) is 18.2 Å². The molecule has 0 aliphatic rings. The predicted molar refractivity (Wildman–Crippen MR) is 58.8 cm³/mol. The summed E-state index contributed by atoms with van der Waals surface area (Å²) in [7, 11) is 0.